The van der Waals surface area contributed by atoms with Gasteiger partial charge in [0, 0.05) is 30.1 Å². The van der Waals surface area contributed by atoms with Gasteiger partial charge in [-0.15, -0.1) is 11.3 Å². The number of nitrogens with zero attached hydrogens (tertiary/aromatic N) is 3. The Morgan fingerprint density at radius 2 is 1.97 bits per heavy atom. The van der Waals surface area contributed by atoms with Crippen LogP contribution in [0.4, 0.5) is 15.9 Å². The number of amides is 1. The van der Waals surface area contributed by atoms with E-state index >= 15 is 0 Å². The van der Waals surface area contributed by atoms with Crippen molar-refractivity contribution in [2.45, 2.75) is 0 Å². The van der Waals surface area contributed by atoms with Gasteiger partial charge in [0.25, 0.3) is 0 Å². The number of aromatic nitrogens is 2. The van der Waals surface area contributed by atoms with Crippen LogP contribution < -0.4 is 10.2 Å². The molecule has 148 valence electrons. The summed E-state index contributed by atoms with van der Waals surface area (Å²) in [6, 6.07) is 9.89. The average molecular weight is 410 g/mol. The van der Waals surface area contributed by atoms with Crippen molar-refractivity contribution in [3.63, 3.8) is 0 Å². The van der Waals surface area contributed by atoms with Gasteiger partial charge >= 0.3 is 0 Å². The first kappa shape index (κ1) is 19.2. The van der Waals surface area contributed by atoms with Crippen molar-refractivity contribution in [2.75, 3.05) is 36.5 Å². The van der Waals surface area contributed by atoms with E-state index in [1.807, 2.05) is 17.5 Å². The molecule has 0 unspecified atom stereocenters. The van der Waals surface area contributed by atoms with Crippen LogP contribution in [0.1, 0.15) is 5.69 Å². The number of morpholine rings is 1. The van der Waals surface area contributed by atoms with E-state index in [1.54, 1.807) is 24.4 Å². The second kappa shape index (κ2) is 8.93. The van der Waals surface area contributed by atoms with Crippen molar-refractivity contribution >= 4 is 34.8 Å². The summed E-state index contributed by atoms with van der Waals surface area (Å²) in [7, 11) is 0. The van der Waals surface area contributed by atoms with Crippen LogP contribution in [0.25, 0.3) is 16.6 Å². The number of nitrogens with one attached hydrogen (secondary N) is 1. The Morgan fingerprint density at radius 1 is 1.17 bits per heavy atom. The van der Waals surface area contributed by atoms with Crippen molar-refractivity contribution in [2.24, 2.45) is 0 Å². The number of carbonyl (C=O) groups excluding carboxylic acids is 1. The van der Waals surface area contributed by atoms with Crippen molar-refractivity contribution in [1.29, 1.82) is 0 Å². The fourth-order valence-corrected chi connectivity index (χ4v) is 3.67. The summed E-state index contributed by atoms with van der Waals surface area (Å²) >= 11 is 1.44. The van der Waals surface area contributed by atoms with Crippen LogP contribution in [0, 0.1) is 5.82 Å². The Bertz CT molecular complexity index is 996. The van der Waals surface area contributed by atoms with E-state index in [-0.39, 0.29) is 11.7 Å². The molecule has 1 saturated heterocycles. The van der Waals surface area contributed by atoms with E-state index < -0.39 is 0 Å². The lowest BCUT2D eigenvalue weighted by Gasteiger charge is -2.27. The van der Waals surface area contributed by atoms with E-state index in [4.69, 9.17) is 4.74 Å². The molecule has 1 amide bonds. The third-order valence-corrected chi connectivity index (χ3v) is 5.28. The summed E-state index contributed by atoms with van der Waals surface area (Å²) in [4.78, 5) is 23.2. The second-order valence-electron chi connectivity index (χ2n) is 6.41. The van der Waals surface area contributed by atoms with Crippen LogP contribution in [0.15, 0.2) is 54.1 Å². The normalized spacial score (nSPS) is 14.3. The molecule has 0 aliphatic carbocycles. The highest BCUT2D eigenvalue weighted by Crippen LogP contribution is 2.24. The zero-order chi connectivity index (χ0) is 20.1. The summed E-state index contributed by atoms with van der Waals surface area (Å²) in [5.41, 5.74) is 2.14. The lowest BCUT2D eigenvalue weighted by molar-refractivity contribution is -0.111. The zero-order valence-electron chi connectivity index (χ0n) is 15.5. The molecule has 1 aliphatic heterocycles. The summed E-state index contributed by atoms with van der Waals surface area (Å²) < 4.78 is 18.4. The van der Waals surface area contributed by atoms with Gasteiger partial charge in [0.1, 0.15) is 16.6 Å². The minimum absolute atomic E-state index is 0.262. The molecule has 2 aromatic heterocycles. The monoisotopic (exact) mass is 410 g/mol. The fourth-order valence-electron chi connectivity index (χ4n) is 2.87. The van der Waals surface area contributed by atoms with E-state index in [0.717, 1.165) is 29.5 Å². The molecule has 3 aromatic rings. The van der Waals surface area contributed by atoms with Gasteiger partial charge in [-0.2, -0.15) is 0 Å². The Kier molecular flexibility index (Phi) is 5.92. The molecule has 0 bridgehead atoms. The highest BCUT2D eigenvalue weighted by Gasteiger charge is 2.12. The number of halogens is 1. The maximum Gasteiger partial charge on any atom is 0.248 e. The van der Waals surface area contributed by atoms with Crippen LogP contribution in [0.2, 0.25) is 0 Å². The van der Waals surface area contributed by atoms with Crippen LogP contribution in [-0.4, -0.2) is 42.2 Å². The molecule has 0 saturated carbocycles. The topological polar surface area (TPSA) is 67.4 Å². The number of anilines is 2. The molecule has 1 fully saturated rings. The van der Waals surface area contributed by atoms with Crippen molar-refractivity contribution in [3.05, 3.63) is 65.6 Å². The van der Waals surface area contributed by atoms with Crippen LogP contribution in [-0.2, 0) is 9.53 Å². The van der Waals surface area contributed by atoms with Crippen molar-refractivity contribution < 1.29 is 13.9 Å². The molecule has 1 N–H and O–H groups in total. The highest BCUT2D eigenvalue weighted by molar-refractivity contribution is 7.13. The van der Waals surface area contributed by atoms with Crippen LogP contribution in [0.3, 0.4) is 0 Å². The maximum atomic E-state index is 13.0. The van der Waals surface area contributed by atoms with E-state index in [2.05, 4.69) is 20.2 Å². The standard InChI is InChI=1S/C21H19FN4O2S/c22-16-3-1-15(2-4-16)21-25-18(14-29-21)6-8-20(27)24-17-5-7-19(23-13-17)26-9-11-28-12-10-26/h1-8,13-14H,9-12H2,(H,24,27). The first-order chi connectivity index (χ1) is 14.2. The number of ether oxygens (including phenoxy) is 1. The third-order valence-electron chi connectivity index (χ3n) is 4.37. The molecule has 8 heteroatoms. The van der Waals surface area contributed by atoms with Gasteiger partial charge < -0.3 is 15.0 Å². The molecule has 29 heavy (non-hydrogen) atoms. The van der Waals surface area contributed by atoms with Crippen molar-refractivity contribution in [1.82, 2.24) is 9.97 Å². The highest BCUT2D eigenvalue weighted by atomic mass is 32.1. The number of hydrogen-bond acceptors (Lipinski definition) is 6. The first-order valence-corrected chi connectivity index (χ1v) is 10.0. The molecular weight excluding hydrogens is 391 g/mol. The smallest absolute Gasteiger partial charge is 0.248 e. The fraction of sp³-hybridized carbons (Fsp3) is 0.190. The Morgan fingerprint density at radius 3 is 2.69 bits per heavy atom. The SMILES string of the molecule is O=C(C=Cc1csc(-c2ccc(F)cc2)n1)Nc1ccc(N2CCOCC2)nc1. The molecular formula is C21H19FN4O2S. The van der Waals surface area contributed by atoms with Gasteiger partial charge in [0.15, 0.2) is 0 Å². The zero-order valence-corrected chi connectivity index (χ0v) is 16.4. The first-order valence-electron chi connectivity index (χ1n) is 9.17. The Balaban J connectivity index is 1.34. The maximum absolute atomic E-state index is 13.0. The number of pyridine rings is 1. The predicted molar refractivity (Wildman–Crippen MR) is 112 cm³/mol. The molecule has 4 rings (SSSR count). The van der Waals surface area contributed by atoms with E-state index in [0.29, 0.717) is 24.6 Å². The van der Waals surface area contributed by atoms with Gasteiger partial charge in [-0.05, 0) is 42.5 Å². The number of carbonyl (C=O) groups is 1. The number of rotatable bonds is 5. The lowest BCUT2D eigenvalue weighted by Crippen LogP contribution is -2.36. The summed E-state index contributed by atoms with van der Waals surface area (Å²) in [5.74, 6) is 0.328. The number of hydrogen-bond donors (Lipinski definition) is 1. The minimum Gasteiger partial charge on any atom is -0.378 e. The molecule has 1 aliphatic rings. The summed E-state index contributed by atoms with van der Waals surface area (Å²) in [6.45, 7) is 3.03. The van der Waals surface area contributed by atoms with Crippen LogP contribution >= 0.6 is 11.3 Å². The van der Waals surface area contributed by atoms with E-state index in [1.165, 1.54) is 29.5 Å². The molecule has 0 radical (unpaired) electrons. The Labute approximate surface area is 171 Å². The molecule has 3 heterocycles. The third kappa shape index (κ3) is 5.04. The molecule has 6 nitrogen and oxygen atoms in total. The van der Waals surface area contributed by atoms with Gasteiger partial charge in [0.05, 0.1) is 30.8 Å². The summed E-state index contributed by atoms with van der Waals surface area (Å²) in [5, 5.41) is 5.41. The van der Waals surface area contributed by atoms with Crippen molar-refractivity contribution in [3.8, 4) is 10.6 Å². The molecule has 0 spiro atoms. The summed E-state index contributed by atoms with van der Waals surface area (Å²) in [6.07, 6.45) is 4.72. The lowest BCUT2D eigenvalue weighted by atomic mass is 10.2. The van der Waals surface area contributed by atoms with Crippen LogP contribution in [0.5, 0.6) is 0 Å². The van der Waals surface area contributed by atoms with Gasteiger partial charge in [-0.25, -0.2) is 14.4 Å². The predicted octanol–water partition coefficient (Wildman–Crippen LogP) is 3.83. The number of benzene rings is 1. The van der Waals surface area contributed by atoms with Gasteiger partial charge in [-0.3, -0.25) is 4.79 Å². The van der Waals surface area contributed by atoms with Gasteiger partial charge in [-0.1, -0.05) is 0 Å². The van der Waals surface area contributed by atoms with Gasteiger partial charge in [0.2, 0.25) is 5.91 Å². The second-order valence-corrected chi connectivity index (χ2v) is 7.27. The van der Waals surface area contributed by atoms with E-state index in [9.17, 15) is 9.18 Å². The Hall–Kier alpha value is -3.10. The quantitative estimate of drug-likeness (QED) is 0.648. The number of thiazole rings is 1. The largest absolute Gasteiger partial charge is 0.378 e. The average Bonchev–Trinajstić information content (AvgIpc) is 3.23. The molecule has 1 aromatic carbocycles. The molecule has 0 atom stereocenters. The minimum atomic E-state index is -0.283.